The minimum Gasteiger partial charge on any atom is -0.436 e. The number of fused-ring (bicyclic) bond motifs is 2. The highest BCUT2D eigenvalue weighted by Gasteiger charge is 2.34. The molecule has 136 valence electrons. The zero-order chi connectivity index (χ0) is 19.3. The number of hydrogen-bond donors (Lipinski definition) is 0. The summed E-state index contributed by atoms with van der Waals surface area (Å²) >= 11 is 5.99. The van der Waals surface area contributed by atoms with E-state index in [2.05, 4.69) is 4.98 Å². The van der Waals surface area contributed by atoms with Crippen LogP contribution in [0.15, 0.2) is 71.1 Å². The van der Waals surface area contributed by atoms with Gasteiger partial charge in [0.1, 0.15) is 5.52 Å². The summed E-state index contributed by atoms with van der Waals surface area (Å²) in [5, 5.41) is 0.601. The molecule has 0 bridgehead atoms. The smallest absolute Gasteiger partial charge is 0.261 e. The summed E-state index contributed by atoms with van der Waals surface area (Å²) in [5.41, 5.74) is 3.91. The van der Waals surface area contributed by atoms with Gasteiger partial charge in [-0.05, 0) is 48.0 Å². The highest BCUT2D eigenvalue weighted by Crippen LogP contribution is 2.28. The molecular weight excluding hydrogens is 376 g/mol. The molecule has 0 unspecified atom stereocenters. The minimum atomic E-state index is -0.263. The maximum absolute atomic E-state index is 12.5. The highest BCUT2D eigenvalue weighted by molar-refractivity contribution is 6.31. The average molecular weight is 389 g/mol. The number of carbonyl (C=O) groups excluding carboxylic acids is 2. The van der Waals surface area contributed by atoms with Crippen LogP contribution in [0.5, 0.6) is 0 Å². The fraction of sp³-hybridized carbons (Fsp3) is 0.0455. The molecule has 0 radical (unpaired) electrons. The predicted molar refractivity (Wildman–Crippen MR) is 105 cm³/mol. The van der Waals surface area contributed by atoms with Gasteiger partial charge in [0, 0.05) is 10.6 Å². The van der Waals surface area contributed by atoms with Gasteiger partial charge in [-0.15, -0.1) is 0 Å². The van der Waals surface area contributed by atoms with Crippen molar-refractivity contribution in [3.8, 4) is 11.5 Å². The normalized spacial score (nSPS) is 13.4. The lowest BCUT2D eigenvalue weighted by Crippen LogP contribution is -2.29. The van der Waals surface area contributed by atoms with Crippen LogP contribution in [-0.2, 0) is 6.54 Å². The highest BCUT2D eigenvalue weighted by atomic mass is 35.5. The van der Waals surface area contributed by atoms with Gasteiger partial charge in [0.05, 0.1) is 17.7 Å². The van der Waals surface area contributed by atoms with E-state index < -0.39 is 0 Å². The average Bonchev–Trinajstić information content (AvgIpc) is 3.23. The molecule has 1 aliphatic heterocycles. The first-order valence-electron chi connectivity index (χ1n) is 8.71. The Morgan fingerprint density at radius 2 is 1.57 bits per heavy atom. The summed E-state index contributed by atoms with van der Waals surface area (Å²) in [4.78, 5) is 30.7. The Hall–Kier alpha value is -3.44. The van der Waals surface area contributed by atoms with Crippen LogP contribution in [0, 0.1) is 0 Å². The van der Waals surface area contributed by atoms with Crippen LogP contribution in [0.1, 0.15) is 26.3 Å². The minimum absolute atomic E-state index is 0.218. The number of benzene rings is 3. The summed E-state index contributed by atoms with van der Waals surface area (Å²) in [6.45, 7) is 0.218. The largest absolute Gasteiger partial charge is 0.436 e. The van der Waals surface area contributed by atoms with Crippen LogP contribution in [0.4, 0.5) is 0 Å². The number of hydrogen-bond acceptors (Lipinski definition) is 4. The Balaban J connectivity index is 1.40. The molecule has 28 heavy (non-hydrogen) atoms. The molecular formula is C22H13ClN2O3. The van der Waals surface area contributed by atoms with Crippen molar-refractivity contribution in [2.24, 2.45) is 0 Å². The third kappa shape index (κ3) is 2.68. The number of halogens is 1. The van der Waals surface area contributed by atoms with E-state index in [1.807, 2.05) is 24.3 Å². The molecule has 1 aromatic heterocycles. The molecule has 0 fully saturated rings. The van der Waals surface area contributed by atoms with Crippen LogP contribution in [0.3, 0.4) is 0 Å². The van der Waals surface area contributed by atoms with E-state index >= 15 is 0 Å². The zero-order valence-electron chi connectivity index (χ0n) is 14.6. The molecule has 5 rings (SSSR count). The van der Waals surface area contributed by atoms with E-state index in [1.165, 1.54) is 4.90 Å². The van der Waals surface area contributed by atoms with Crippen molar-refractivity contribution in [1.29, 1.82) is 0 Å². The Labute approximate surface area is 165 Å². The molecule has 4 aromatic rings. The summed E-state index contributed by atoms with van der Waals surface area (Å²) < 4.78 is 5.77. The molecule has 3 aromatic carbocycles. The van der Waals surface area contributed by atoms with E-state index in [0.717, 1.165) is 11.1 Å². The first-order valence-corrected chi connectivity index (χ1v) is 9.08. The molecule has 6 heteroatoms. The Kier molecular flexibility index (Phi) is 3.77. The number of carbonyl (C=O) groups is 2. The van der Waals surface area contributed by atoms with Crippen LogP contribution < -0.4 is 0 Å². The lowest BCUT2D eigenvalue weighted by molar-refractivity contribution is 0.0642. The SMILES string of the molecule is O=C1c2ccccc2C(=O)N1Cc1ccc(-c2nc3cc(Cl)ccc3o2)cc1. The second-order valence-corrected chi connectivity index (χ2v) is 7.01. The number of amides is 2. The van der Waals surface area contributed by atoms with Crippen LogP contribution in [-0.4, -0.2) is 21.7 Å². The molecule has 0 N–H and O–H groups in total. The number of aromatic nitrogens is 1. The predicted octanol–water partition coefficient (Wildman–Crippen LogP) is 4.94. The molecule has 0 atom stereocenters. The third-order valence-electron chi connectivity index (χ3n) is 4.77. The monoisotopic (exact) mass is 388 g/mol. The van der Waals surface area contributed by atoms with E-state index in [9.17, 15) is 9.59 Å². The maximum atomic E-state index is 12.5. The first-order chi connectivity index (χ1) is 13.6. The molecule has 0 spiro atoms. The van der Waals surface area contributed by atoms with Crippen molar-refractivity contribution in [2.45, 2.75) is 6.54 Å². The molecule has 0 aliphatic carbocycles. The summed E-state index contributed by atoms with van der Waals surface area (Å²) in [6, 6.07) is 19.6. The van der Waals surface area contributed by atoms with Crippen LogP contribution >= 0.6 is 11.6 Å². The van der Waals surface area contributed by atoms with Gasteiger partial charge in [-0.1, -0.05) is 35.9 Å². The number of oxazole rings is 1. The Morgan fingerprint density at radius 1 is 0.893 bits per heavy atom. The molecule has 1 aliphatic rings. The van der Waals surface area contributed by atoms with Gasteiger partial charge in [0.25, 0.3) is 11.8 Å². The van der Waals surface area contributed by atoms with Gasteiger partial charge < -0.3 is 4.42 Å². The summed E-state index contributed by atoms with van der Waals surface area (Å²) in [7, 11) is 0. The number of nitrogens with zero attached hydrogens (tertiary/aromatic N) is 2. The van der Waals surface area contributed by atoms with Crippen molar-refractivity contribution in [1.82, 2.24) is 9.88 Å². The number of rotatable bonds is 3. The molecule has 0 saturated heterocycles. The van der Waals surface area contributed by atoms with Crippen LogP contribution in [0.2, 0.25) is 5.02 Å². The lowest BCUT2D eigenvalue weighted by atomic mass is 10.1. The van der Waals surface area contributed by atoms with Gasteiger partial charge in [-0.2, -0.15) is 0 Å². The molecule has 0 saturated carbocycles. The number of imide groups is 1. The standard InChI is InChI=1S/C22H13ClN2O3/c23-15-9-10-19-18(11-15)24-20(28-19)14-7-5-13(6-8-14)12-25-21(26)16-3-1-2-4-17(16)22(25)27/h1-11H,12H2. The van der Waals surface area contributed by atoms with Gasteiger partial charge >= 0.3 is 0 Å². The second kappa shape index (κ2) is 6.32. The second-order valence-electron chi connectivity index (χ2n) is 6.57. The maximum Gasteiger partial charge on any atom is 0.261 e. The van der Waals surface area contributed by atoms with E-state index in [1.54, 1.807) is 42.5 Å². The molecule has 2 heterocycles. The zero-order valence-corrected chi connectivity index (χ0v) is 15.3. The van der Waals surface area contributed by atoms with E-state index in [0.29, 0.717) is 33.1 Å². The molecule has 2 amide bonds. The van der Waals surface area contributed by atoms with Crippen molar-refractivity contribution in [2.75, 3.05) is 0 Å². The van der Waals surface area contributed by atoms with E-state index in [-0.39, 0.29) is 18.4 Å². The van der Waals surface area contributed by atoms with Crippen LogP contribution in [0.25, 0.3) is 22.6 Å². The van der Waals surface area contributed by atoms with Crippen molar-refractivity contribution < 1.29 is 14.0 Å². The Morgan fingerprint density at radius 3 is 2.25 bits per heavy atom. The third-order valence-corrected chi connectivity index (χ3v) is 5.00. The van der Waals surface area contributed by atoms with E-state index in [4.69, 9.17) is 16.0 Å². The lowest BCUT2D eigenvalue weighted by Gasteiger charge is -2.13. The molecule has 5 nitrogen and oxygen atoms in total. The first kappa shape index (κ1) is 16.7. The van der Waals surface area contributed by atoms with Crippen molar-refractivity contribution in [3.63, 3.8) is 0 Å². The van der Waals surface area contributed by atoms with Crippen molar-refractivity contribution in [3.05, 3.63) is 88.4 Å². The Bertz CT molecular complexity index is 1210. The topological polar surface area (TPSA) is 63.4 Å². The fourth-order valence-electron chi connectivity index (χ4n) is 3.34. The van der Waals surface area contributed by atoms with Gasteiger partial charge in [0.2, 0.25) is 5.89 Å². The summed E-state index contributed by atoms with van der Waals surface area (Å²) in [5.74, 6) is -0.0365. The van der Waals surface area contributed by atoms with Gasteiger partial charge in [-0.3, -0.25) is 14.5 Å². The fourth-order valence-corrected chi connectivity index (χ4v) is 3.51. The van der Waals surface area contributed by atoms with Gasteiger partial charge in [0.15, 0.2) is 5.58 Å². The quantitative estimate of drug-likeness (QED) is 0.466. The summed E-state index contributed by atoms with van der Waals surface area (Å²) in [6.07, 6.45) is 0. The van der Waals surface area contributed by atoms with Gasteiger partial charge in [-0.25, -0.2) is 4.98 Å². The van der Waals surface area contributed by atoms with Crippen molar-refractivity contribution >= 4 is 34.5 Å².